The Labute approximate surface area is 163 Å². The Morgan fingerprint density at radius 3 is 2.63 bits per heavy atom. The number of carbonyl (C=O) groups is 3. The standard InChI is InChI=1S/C19H13ClN2O4S/c20-16-6-4-13(27-16)9-21-17(23)11-3-5-14-15(8-11)19(25)22(18(14)24)10-12-2-1-7-26-12/h1-8H,9-10H2,(H,21,23). The molecule has 136 valence electrons. The van der Waals surface area contributed by atoms with Crippen LogP contribution in [0.3, 0.4) is 0 Å². The Hall–Kier alpha value is -2.90. The molecule has 0 saturated heterocycles. The molecule has 6 nitrogen and oxygen atoms in total. The van der Waals surface area contributed by atoms with Crippen LogP contribution in [-0.2, 0) is 13.1 Å². The molecule has 8 heteroatoms. The van der Waals surface area contributed by atoms with Gasteiger partial charge in [-0.1, -0.05) is 11.6 Å². The van der Waals surface area contributed by atoms with Gasteiger partial charge in [-0.25, -0.2) is 0 Å². The second kappa shape index (κ2) is 7.02. The summed E-state index contributed by atoms with van der Waals surface area (Å²) in [6.45, 7) is 0.394. The van der Waals surface area contributed by atoms with Crippen LogP contribution in [0.2, 0.25) is 4.34 Å². The first kappa shape index (κ1) is 17.5. The van der Waals surface area contributed by atoms with Crippen LogP contribution >= 0.6 is 22.9 Å². The van der Waals surface area contributed by atoms with Gasteiger partial charge in [0.2, 0.25) is 0 Å². The van der Waals surface area contributed by atoms with Crippen LogP contribution in [0.15, 0.2) is 53.1 Å². The summed E-state index contributed by atoms with van der Waals surface area (Å²) >= 11 is 7.26. The van der Waals surface area contributed by atoms with Crippen LogP contribution < -0.4 is 5.32 Å². The van der Waals surface area contributed by atoms with E-state index in [2.05, 4.69) is 5.32 Å². The van der Waals surface area contributed by atoms with Crippen molar-refractivity contribution in [2.75, 3.05) is 0 Å². The molecule has 1 aromatic carbocycles. The van der Waals surface area contributed by atoms with Crippen molar-refractivity contribution < 1.29 is 18.8 Å². The number of thiophene rings is 1. The van der Waals surface area contributed by atoms with Crippen LogP contribution in [0.1, 0.15) is 41.7 Å². The molecule has 1 N–H and O–H groups in total. The summed E-state index contributed by atoms with van der Waals surface area (Å²) in [7, 11) is 0. The van der Waals surface area contributed by atoms with Crippen LogP contribution in [0.5, 0.6) is 0 Å². The molecule has 0 fully saturated rings. The molecule has 0 unspecified atom stereocenters. The molecule has 3 amide bonds. The number of carbonyl (C=O) groups excluding carboxylic acids is 3. The molecule has 0 aliphatic carbocycles. The van der Waals surface area contributed by atoms with Gasteiger partial charge in [-0.3, -0.25) is 19.3 Å². The summed E-state index contributed by atoms with van der Waals surface area (Å²) < 4.78 is 5.86. The van der Waals surface area contributed by atoms with Gasteiger partial charge in [0.05, 0.1) is 34.8 Å². The lowest BCUT2D eigenvalue weighted by atomic mass is 10.1. The predicted molar refractivity (Wildman–Crippen MR) is 99.9 cm³/mol. The van der Waals surface area contributed by atoms with Gasteiger partial charge in [0.25, 0.3) is 17.7 Å². The number of fused-ring (bicyclic) bond motifs is 1. The van der Waals surface area contributed by atoms with E-state index in [-0.39, 0.29) is 23.6 Å². The Morgan fingerprint density at radius 2 is 1.93 bits per heavy atom. The van der Waals surface area contributed by atoms with Gasteiger partial charge in [0, 0.05) is 10.4 Å². The van der Waals surface area contributed by atoms with E-state index < -0.39 is 11.8 Å². The highest BCUT2D eigenvalue weighted by Gasteiger charge is 2.36. The van der Waals surface area contributed by atoms with Gasteiger partial charge in [-0.15, -0.1) is 11.3 Å². The molecule has 0 bridgehead atoms. The van der Waals surface area contributed by atoms with Crippen LogP contribution in [0.4, 0.5) is 0 Å². The molecule has 1 aliphatic rings. The van der Waals surface area contributed by atoms with Gasteiger partial charge in [-0.2, -0.15) is 0 Å². The first-order valence-electron chi connectivity index (χ1n) is 8.08. The van der Waals surface area contributed by atoms with E-state index in [4.69, 9.17) is 16.0 Å². The third-order valence-corrected chi connectivity index (χ3v) is 5.41. The zero-order valence-electron chi connectivity index (χ0n) is 13.9. The van der Waals surface area contributed by atoms with E-state index in [1.165, 1.54) is 35.8 Å². The van der Waals surface area contributed by atoms with Gasteiger partial charge in [-0.05, 0) is 42.5 Å². The van der Waals surface area contributed by atoms with Gasteiger partial charge < -0.3 is 9.73 Å². The van der Waals surface area contributed by atoms with Crippen LogP contribution in [-0.4, -0.2) is 22.6 Å². The molecular formula is C19H13ClN2O4S. The fourth-order valence-electron chi connectivity index (χ4n) is 2.85. The van der Waals surface area contributed by atoms with E-state index >= 15 is 0 Å². The van der Waals surface area contributed by atoms with Crippen molar-refractivity contribution in [3.63, 3.8) is 0 Å². The number of benzene rings is 1. The predicted octanol–water partition coefficient (Wildman–Crippen LogP) is 3.72. The van der Waals surface area contributed by atoms with Crippen LogP contribution in [0.25, 0.3) is 0 Å². The third kappa shape index (κ3) is 3.39. The fourth-order valence-corrected chi connectivity index (χ4v) is 3.88. The van der Waals surface area contributed by atoms with Crippen molar-refractivity contribution in [1.29, 1.82) is 0 Å². The summed E-state index contributed by atoms with van der Waals surface area (Å²) in [5, 5.41) is 2.78. The maximum Gasteiger partial charge on any atom is 0.261 e. The van der Waals surface area contributed by atoms with Gasteiger partial charge >= 0.3 is 0 Å². The highest BCUT2D eigenvalue weighted by molar-refractivity contribution is 7.16. The average molecular weight is 401 g/mol. The largest absolute Gasteiger partial charge is 0.467 e. The number of imide groups is 1. The molecular weight excluding hydrogens is 388 g/mol. The van der Waals surface area contributed by atoms with Gasteiger partial charge in [0.1, 0.15) is 5.76 Å². The zero-order chi connectivity index (χ0) is 19.0. The molecule has 0 spiro atoms. The molecule has 1 aliphatic heterocycles. The smallest absolute Gasteiger partial charge is 0.261 e. The van der Waals surface area contributed by atoms with E-state index in [1.54, 1.807) is 18.2 Å². The number of nitrogens with one attached hydrogen (secondary N) is 1. The molecule has 27 heavy (non-hydrogen) atoms. The van der Waals surface area contributed by atoms with Crippen molar-refractivity contribution in [3.8, 4) is 0 Å². The number of rotatable bonds is 5. The van der Waals surface area contributed by atoms with Crippen molar-refractivity contribution >= 4 is 40.7 Å². The highest BCUT2D eigenvalue weighted by atomic mass is 35.5. The molecule has 0 saturated carbocycles. The summed E-state index contributed by atoms with van der Waals surface area (Å²) in [6, 6.07) is 11.5. The lowest BCUT2D eigenvalue weighted by Gasteiger charge is -2.11. The van der Waals surface area contributed by atoms with E-state index in [1.807, 2.05) is 6.07 Å². The number of nitrogens with zero attached hydrogens (tertiary/aromatic N) is 1. The summed E-state index contributed by atoms with van der Waals surface area (Å²) in [5.41, 5.74) is 0.823. The number of amides is 3. The van der Waals surface area contributed by atoms with E-state index in [9.17, 15) is 14.4 Å². The minimum Gasteiger partial charge on any atom is -0.467 e. The lowest BCUT2D eigenvalue weighted by molar-refractivity contribution is 0.0631. The average Bonchev–Trinajstić information content (AvgIpc) is 3.38. The number of hydrogen-bond acceptors (Lipinski definition) is 5. The first-order chi connectivity index (χ1) is 13.0. The van der Waals surface area contributed by atoms with Crippen molar-refractivity contribution in [2.45, 2.75) is 13.1 Å². The topological polar surface area (TPSA) is 79.6 Å². The Morgan fingerprint density at radius 1 is 1.11 bits per heavy atom. The number of hydrogen-bond donors (Lipinski definition) is 1. The SMILES string of the molecule is O=C(NCc1ccc(Cl)s1)c1ccc2c(c1)C(=O)N(Cc1ccco1)C2=O. The number of halogens is 1. The molecule has 0 atom stereocenters. The minimum atomic E-state index is -0.439. The fraction of sp³-hybridized carbons (Fsp3) is 0.105. The quantitative estimate of drug-likeness (QED) is 0.662. The van der Waals surface area contributed by atoms with Crippen LogP contribution in [0, 0.1) is 0 Å². The molecule has 4 rings (SSSR count). The molecule has 3 aromatic rings. The first-order valence-corrected chi connectivity index (χ1v) is 9.27. The molecule has 3 heterocycles. The van der Waals surface area contributed by atoms with Crippen molar-refractivity contribution in [3.05, 3.63) is 80.4 Å². The summed E-state index contributed by atoms with van der Waals surface area (Å²) in [5.74, 6) is -0.651. The second-order valence-electron chi connectivity index (χ2n) is 5.92. The van der Waals surface area contributed by atoms with Crippen molar-refractivity contribution in [1.82, 2.24) is 10.2 Å². The van der Waals surface area contributed by atoms with Crippen molar-refractivity contribution in [2.24, 2.45) is 0 Å². The summed E-state index contributed by atoms with van der Waals surface area (Å²) in [6.07, 6.45) is 1.48. The lowest BCUT2D eigenvalue weighted by Crippen LogP contribution is -2.28. The second-order valence-corrected chi connectivity index (χ2v) is 7.72. The summed E-state index contributed by atoms with van der Waals surface area (Å²) in [4.78, 5) is 39.5. The Kier molecular flexibility index (Phi) is 4.55. The molecule has 2 aromatic heterocycles. The normalized spacial score (nSPS) is 13.1. The Balaban J connectivity index is 1.51. The molecule has 0 radical (unpaired) electrons. The zero-order valence-corrected chi connectivity index (χ0v) is 15.5. The number of furan rings is 1. The maximum absolute atomic E-state index is 12.6. The monoisotopic (exact) mass is 400 g/mol. The van der Waals surface area contributed by atoms with E-state index in [0.717, 1.165) is 9.78 Å². The highest BCUT2D eigenvalue weighted by Crippen LogP contribution is 2.26. The third-order valence-electron chi connectivity index (χ3n) is 4.18. The van der Waals surface area contributed by atoms with Gasteiger partial charge in [0.15, 0.2) is 0 Å². The Bertz CT molecular complexity index is 1040. The minimum absolute atomic E-state index is 0.0556. The maximum atomic E-state index is 12.6. The van der Waals surface area contributed by atoms with E-state index in [0.29, 0.717) is 22.2 Å².